The molecule has 0 aromatic carbocycles. The van der Waals surface area contributed by atoms with Crippen LogP contribution in [0.5, 0.6) is 0 Å². The van der Waals surface area contributed by atoms with Gasteiger partial charge in [0.2, 0.25) is 10.0 Å². The van der Waals surface area contributed by atoms with Crippen molar-refractivity contribution in [3.63, 3.8) is 0 Å². The predicted molar refractivity (Wildman–Crippen MR) is 57.4 cm³/mol. The number of rotatable bonds is 4. The van der Waals surface area contributed by atoms with E-state index >= 15 is 0 Å². The normalized spacial score (nSPS) is 25.1. The van der Waals surface area contributed by atoms with Crippen LogP contribution in [0.3, 0.4) is 0 Å². The van der Waals surface area contributed by atoms with Crippen LogP contribution in [0.2, 0.25) is 0 Å². The first-order valence-electron chi connectivity index (χ1n) is 5.19. The maximum Gasteiger partial charge on any atom is 0.211 e. The molecule has 4 nitrogen and oxygen atoms in total. The van der Waals surface area contributed by atoms with Gasteiger partial charge in [-0.15, -0.1) is 0 Å². The molecule has 1 aliphatic heterocycles. The molecule has 0 aromatic heterocycles. The lowest BCUT2D eigenvalue weighted by Gasteiger charge is -2.30. The molecular formula is C9H20N2O2S. The highest BCUT2D eigenvalue weighted by molar-refractivity contribution is 7.88. The first kappa shape index (κ1) is 11.9. The molecule has 0 radical (unpaired) electrons. The molecule has 0 aromatic rings. The van der Waals surface area contributed by atoms with Crippen molar-refractivity contribution < 1.29 is 8.42 Å². The van der Waals surface area contributed by atoms with E-state index in [9.17, 15) is 8.42 Å². The zero-order valence-corrected chi connectivity index (χ0v) is 9.59. The minimum atomic E-state index is -2.98. The van der Waals surface area contributed by atoms with Crippen LogP contribution in [0.4, 0.5) is 0 Å². The maximum atomic E-state index is 11.3. The summed E-state index contributed by atoms with van der Waals surface area (Å²) < 4.78 is 24.2. The van der Waals surface area contributed by atoms with Crippen LogP contribution in [0.1, 0.15) is 25.7 Å². The number of hydrogen-bond donors (Lipinski definition) is 1. The van der Waals surface area contributed by atoms with Crippen LogP contribution in [0, 0.1) is 5.92 Å². The molecule has 1 saturated heterocycles. The van der Waals surface area contributed by atoms with E-state index in [2.05, 4.69) is 0 Å². The molecule has 0 bridgehead atoms. The van der Waals surface area contributed by atoms with Crippen molar-refractivity contribution >= 4 is 10.0 Å². The van der Waals surface area contributed by atoms with E-state index in [-0.39, 0.29) is 0 Å². The largest absolute Gasteiger partial charge is 0.330 e. The Balaban J connectivity index is 2.44. The second kappa shape index (κ2) is 5.09. The molecule has 0 spiro atoms. The third kappa shape index (κ3) is 3.55. The fraction of sp³-hybridized carbons (Fsp3) is 1.00. The van der Waals surface area contributed by atoms with Gasteiger partial charge in [-0.25, -0.2) is 12.7 Å². The van der Waals surface area contributed by atoms with Crippen LogP contribution in [-0.2, 0) is 10.0 Å². The average molecular weight is 220 g/mol. The van der Waals surface area contributed by atoms with Gasteiger partial charge in [-0.2, -0.15) is 0 Å². The van der Waals surface area contributed by atoms with Crippen LogP contribution in [0.15, 0.2) is 0 Å². The lowest BCUT2D eigenvalue weighted by molar-refractivity contribution is 0.255. The summed E-state index contributed by atoms with van der Waals surface area (Å²) in [6.07, 6.45) is 5.48. The minimum absolute atomic E-state index is 0.516. The zero-order valence-electron chi connectivity index (χ0n) is 8.78. The molecule has 1 rings (SSSR count). The highest BCUT2D eigenvalue weighted by Crippen LogP contribution is 2.22. The Kier molecular flexibility index (Phi) is 4.34. The van der Waals surface area contributed by atoms with Crippen LogP contribution < -0.4 is 5.73 Å². The van der Waals surface area contributed by atoms with Crippen molar-refractivity contribution in [2.24, 2.45) is 11.7 Å². The molecule has 0 aliphatic carbocycles. The van der Waals surface area contributed by atoms with Gasteiger partial charge in [0.1, 0.15) is 0 Å². The molecule has 2 N–H and O–H groups in total. The third-order valence-corrected chi connectivity index (χ3v) is 4.04. The first-order chi connectivity index (χ1) is 6.54. The van der Waals surface area contributed by atoms with Crippen molar-refractivity contribution in [2.75, 3.05) is 25.9 Å². The Bertz CT molecular complexity index is 264. The Hall–Kier alpha value is -0.130. The molecule has 0 amide bonds. The summed E-state index contributed by atoms with van der Waals surface area (Å²) in [5.74, 6) is 0.516. The quantitative estimate of drug-likeness (QED) is 0.746. The number of hydrogen-bond acceptors (Lipinski definition) is 3. The fourth-order valence-electron chi connectivity index (χ4n) is 1.97. The second-order valence-corrected chi connectivity index (χ2v) is 6.04. The number of nitrogens with two attached hydrogens (primary N) is 1. The van der Waals surface area contributed by atoms with Crippen molar-refractivity contribution in [1.82, 2.24) is 4.31 Å². The number of piperidine rings is 1. The number of sulfonamides is 1. The standard InChI is InChI=1S/C9H20N2O2S/c1-14(12,13)11-7-3-5-9(8-11)4-2-6-10/h9H,2-8,10H2,1H3. The molecule has 14 heavy (non-hydrogen) atoms. The molecule has 1 atom stereocenters. The predicted octanol–water partition coefficient (Wildman–Crippen LogP) is 0.397. The van der Waals surface area contributed by atoms with E-state index in [4.69, 9.17) is 5.73 Å². The van der Waals surface area contributed by atoms with Gasteiger partial charge in [-0.3, -0.25) is 0 Å². The van der Waals surface area contributed by atoms with Crippen LogP contribution in [-0.4, -0.2) is 38.6 Å². The smallest absolute Gasteiger partial charge is 0.211 e. The molecule has 1 aliphatic rings. The third-order valence-electron chi connectivity index (χ3n) is 2.77. The molecule has 0 saturated carbocycles. The highest BCUT2D eigenvalue weighted by atomic mass is 32.2. The van der Waals surface area contributed by atoms with Gasteiger partial charge < -0.3 is 5.73 Å². The van der Waals surface area contributed by atoms with Gasteiger partial charge >= 0.3 is 0 Å². The Morgan fingerprint density at radius 3 is 2.79 bits per heavy atom. The Morgan fingerprint density at radius 1 is 1.50 bits per heavy atom. The monoisotopic (exact) mass is 220 g/mol. The summed E-state index contributed by atoms with van der Waals surface area (Å²) in [6.45, 7) is 2.09. The van der Waals surface area contributed by atoms with E-state index in [0.29, 0.717) is 25.6 Å². The molecule has 84 valence electrons. The molecule has 5 heteroatoms. The second-order valence-electron chi connectivity index (χ2n) is 4.06. The lowest BCUT2D eigenvalue weighted by Crippen LogP contribution is -2.39. The van der Waals surface area contributed by atoms with Gasteiger partial charge in [0.25, 0.3) is 0 Å². The minimum Gasteiger partial charge on any atom is -0.330 e. The summed E-state index contributed by atoms with van der Waals surface area (Å²) in [6, 6.07) is 0. The van der Waals surface area contributed by atoms with Crippen molar-refractivity contribution in [2.45, 2.75) is 25.7 Å². The summed E-state index contributed by atoms with van der Waals surface area (Å²) in [5, 5.41) is 0. The molecule has 1 unspecified atom stereocenters. The van der Waals surface area contributed by atoms with Crippen LogP contribution >= 0.6 is 0 Å². The topological polar surface area (TPSA) is 63.4 Å². The van der Waals surface area contributed by atoms with Gasteiger partial charge in [0.15, 0.2) is 0 Å². The molecule has 1 heterocycles. The highest BCUT2D eigenvalue weighted by Gasteiger charge is 2.25. The van der Waals surface area contributed by atoms with E-state index in [0.717, 1.165) is 25.7 Å². The lowest BCUT2D eigenvalue weighted by atomic mass is 9.95. The Labute approximate surface area is 86.5 Å². The maximum absolute atomic E-state index is 11.3. The van der Waals surface area contributed by atoms with E-state index < -0.39 is 10.0 Å². The van der Waals surface area contributed by atoms with Crippen LogP contribution in [0.25, 0.3) is 0 Å². The van der Waals surface area contributed by atoms with E-state index in [1.807, 2.05) is 0 Å². The fourth-order valence-corrected chi connectivity index (χ4v) is 2.91. The van der Waals surface area contributed by atoms with Crippen molar-refractivity contribution in [3.05, 3.63) is 0 Å². The SMILES string of the molecule is CS(=O)(=O)N1CCCC(CCCN)C1. The Morgan fingerprint density at radius 2 is 2.21 bits per heavy atom. The van der Waals surface area contributed by atoms with Gasteiger partial charge in [0, 0.05) is 13.1 Å². The van der Waals surface area contributed by atoms with Gasteiger partial charge in [0.05, 0.1) is 6.26 Å². The van der Waals surface area contributed by atoms with Crippen molar-refractivity contribution in [1.29, 1.82) is 0 Å². The van der Waals surface area contributed by atoms with Gasteiger partial charge in [-0.05, 0) is 38.1 Å². The summed E-state index contributed by atoms with van der Waals surface area (Å²) in [5.41, 5.74) is 5.43. The summed E-state index contributed by atoms with van der Waals surface area (Å²) >= 11 is 0. The van der Waals surface area contributed by atoms with E-state index in [1.165, 1.54) is 6.26 Å². The zero-order chi connectivity index (χ0) is 10.6. The molecule has 1 fully saturated rings. The average Bonchev–Trinajstić information content (AvgIpc) is 2.14. The molecular weight excluding hydrogens is 200 g/mol. The summed E-state index contributed by atoms with van der Waals surface area (Å²) in [4.78, 5) is 0. The number of nitrogens with zero attached hydrogens (tertiary/aromatic N) is 1. The first-order valence-corrected chi connectivity index (χ1v) is 7.04. The van der Waals surface area contributed by atoms with E-state index in [1.54, 1.807) is 4.31 Å². The summed E-state index contributed by atoms with van der Waals surface area (Å²) in [7, 11) is -2.98. The van der Waals surface area contributed by atoms with Crippen molar-refractivity contribution in [3.8, 4) is 0 Å². The van der Waals surface area contributed by atoms with Gasteiger partial charge in [-0.1, -0.05) is 0 Å².